The van der Waals surface area contributed by atoms with Crippen molar-refractivity contribution >= 4 is 44.3 Å². The average molecular weight is 440 g/mol. The Balaban J connectivity index is 1.91. The van der Waals surface area contributed by atoms with E-state index in [1.807, 2.05) is 32.0 Å². The number of amidine groups is 1. The summed E-state index contributed by atoms with van der Waals surface area (Å²) in [5.74, 6) is -0.622. The lowest BCUT2D eigenvalue weighted by Gasteiger charge is -2.27. The molecule has 2 fully saturated rings. The second kappa shape index (κ2) is 8.85. The van der Waals surface area contributed by atoms with Crippen LogP contribution in [0.2, 0.25) is 0 Å². The summed E-state index contributed by atoms with van der Waals surface area (Å²) in [6.07, 6.45) is -0.577. The number of para-hydroxylation sites is 1. The molecule has 2 aliphatic heterocycles. The zero-order chi connectivity index (χ0) is 21.2. The van der Waals surface area contributed by atoms with Gasteiger partial charge in [0.2, 0.25) is 11.8 Å². The smallest absolute Gasteiger partial charge is 0.242 e. The van der Waals surface area contributed by atoms with Gasteiger partial charge in [0.15, 0.2) is 15.0 Å². The zero-order valence-corrected chi connectivity index (χ0v) is 18.3. The van der Waals surface area contributed by atoms with E-state index in [4.69, 9.17) is 9.73 Å². The first-order chi connectivity index (χ1) is 13.7. The number of thioether (sulfide) groups is 1. The van der Waals surface area contributed by atoms with Gasteiger partial charge >= 0.3 is 0 Å². The number of rotatable bonds is 5. The summed E-state index contributed by atoms with van der Waals surface area (Å²) in [6, 6.07) is 5.82. The number of hydrogen-bond acceptors (Lipinski definition) is 7. The fourth-order valence-electron chi connectivity index (χ4n) is 3.31. The van der Waals surface area contributed by atoms with Gasteiger partial charge in [0, 0.05) is 13.5 Å². The molecule has 0 bridgehead atoms. The van der Waals surface area contributed by atoms with Crippen LogP contribution in [0, 0.1) is 13.8 Å². The molecule has 8 nitrogen and oxygen atoms in total. The Hall–Kier alpha value is -1.91. The molecule has 2 amide bonds. The lowest BCUT2D eigenvalue weighted by Crippen LogP contribution is -2.45. The normalized spacial score (nSPS) is 25.4. The molecule has 10 heteroatoms. The molecule has 2 heterocycles. The molecule has 158 valence electrons. The standard InChI is InChI=1S/C19H25N3O5S2/c1-12-5-4-6-13(2)17(12)21-19-22(10-14-11-29(25,26)8-7-27-14)18(24)15(28-19)9-16(23)20-3/h4-6,14-15H,7-11H2,1-3H3,(H,20,23). The first-order valence-electron chi connectivity index (χ1n) is 9.35. The Bertz CT molecular complexity index is 925. The van der Waals surface area contributed by atoms with Crippen LogP contribution < -0.4 is 5.32 Å². The highest BCUT2D eigenvalue weighted by atomic mass is 32.2. The van der Waals surface area contributed by atoms with Crippen LogP contribution in [-0.2, 0) is 24.2 Å². The van der Waals surface area contributed by atoms with E-state index in [-0.39, 0.29) is 42.9 Å². The van der Waals surface area contributed by atoms with E-state index in [0.29, 0.717) is 5.17 Å². The van der Waals surface area contributed by atoms with E-state index in [9.17, 15) is 18.0 Å². The third-order valence-corrected chi connectivity index (χ3v) is 7.73. The third kappa shape index (κ3) is 5.18. The number of hydrogen-bond donors (Lipinski definition) is 1. The van der Waals surface area contributed by atoms with Crippen molar-refractivity contribution in [1.82, 2.24) is 10.2 Å². The monoisotopic (exact) mass is 439 g/mol. The third-order valence-electron chi connectivity index (χ3n) is 4.89. The number of carbonyl (C=O) groups is 2. The van der Waals surface area contributed by atoms with Gasteiger partial charge in [0.1, 0.15) is 5.25 Å². The molecule has 1 N–H and O–H groups in total. The molecular formula is C19H25N3O5S2. The first-order valence-corrected chi connectivity index (χ1v) is 12.1. The summed E-state index contributed by atoms with van der Waals surface area (Å²) < 4.78 is 29.5. The number of nitrogens with one attached hydrogen (secondary N) is 1. The zero-order valence-electron chi connectivity index (χ0n) is 16.7. The minimum absolute atomic E-state index is 0.00512. The van der Waals surface area contributed by atoms with Gasteiger partial charge in [-0.05, 0) is 25.0 Å². The number of benzene rings is 1. The van der Waals surface area contributed by atoms with E-state index in [1.165, 1.54) is 23.7 Å². The van der Waals surface area contributed by atoms with Gasteiger partial charge in [0.05, 0.1) is 36.4 Å². The molecule has 2 unspecified atom stereocenters. The van der Waals surface area contributed by atoms with Crippen molar-refractivity contribution in [2.24, 2.45) is 4.99 Å². The van der Waals surface area contributed by atoms with Crippen LogP contribution in [0.4, 0.5) is 5.69 Å². The molecule has 1 aromatic rings. The first kappa shape index (κ1) is 21.8. The van der Waals surface area contributed by atoms with Gasteiger partial charge in [-0.3, -0.25) is 14.5 Å². The molecule has 0 spiro atoms. The molecular weight excluding hydrogens is 414 g/mol. The second-order valence-electron chi connectivity index (χ2n) is 7.17. The summed E-state index contributed by atoms with van der Waals surface area (Å²) >= 11 is 1.23. The van der Waals surface area contributed by atoms with Crippen LogP contribution in [0.15, 0.2) is 23.2 Å². The number of aliphatic imine (C=N–C) groups is 1. The molecule has 2 saturated heterocycles. The highest BCUT2D eigenvalue weighted by molar-refractivity contribution is 8.15. The Morgan fingerprint density at radius 3 is 2.66 bits per heavy atom. The van der Waals surface area contributed by atoms with E-state index in [1.54, 1.807) is 0 Å². The SMILES string of the molecule is CNC(=O)CC1SC(=Nc2c(C)cccc2C)N(CC2CS(=O)(=O)CCO2)C1=O. The van der Waals surface area contributed by atoms with E-state index < -0.39 is 21.2 Å². The van der Waals surface area contributed by atoms with Gasteiger partial charge in [-0.2, -0.15) is 0 Å². The quantitative estimate of drug-likeness (QED) is 0.739. The highest BCUT2D eigenvalue weighted by Crippen LogP contribution is 2.34. The Kier molecular flexibility index (Phi) is 6.65. The molecule has 2 aliphatic rings. The van der Waals surface area contributed by atoms with Crippen LogP contribution in [0.5, 0.6) is 0 Å². The largest absolute Gasteiger partial charge is 0.374 e. The molecule has 2 atom stereocenters. The van der Waals surface area contributed by atoms with Crippen molar-refractivity contribution in [1.29, 1.82) is 0 Å². The Labute approximate surface area is 175 Å². The molecule has 0 aliphatic carbocycles. The fourth-order valence-corrected chi connectivity index (χ4v) is 5.74. The number of amides is 2. The summed E-state index contributed by atoms with van der Waals surface area (Å²) in [5.41, 5.74) is 2.71. The lowest BCUT2D eigenvalue weighted by molar-refractivity contribution is -0.130. The highest BCUT2D eigenvalue weighted by Gasteiger charge is 2.41. The maximum absolute atomic E-state index is 13.0. The number of nitrogens with zero attached hydrogens (tertiary/aromatic N) is 2. The van der Waals surface area contributed by atoms with Gasteiger partial charge < -0.3 is 10.1 Å². The van der Waals surface area contributed by atoms with E-state index >= 15 is 0 Å². The van der Waals surface area contributed by atoms with Crippen molar-refractivity contribution in [3.05, 3.63) is 29.3 Å². The van der Waals surface area contributed by atoms with E-state index in [0.717, 1.165) is 16.8 Å². The minimum Gasteiger partial charge on any atom is -0.374 e. The molecule has 1 aromatic carbocycles. The van der Waals surface area contributed by atoms with Gasteiger partial charge in [-0.25, -0.2) is 13.4 Å². The number of carbonyl (C=O) groups excluding carboxylic acids is 2. The summed E-state index contributed by atoms with van der Waals surface area (Å²) in [5, 5.41) is 2.40. The van der Waals surface area contributed by atoms with Crippen molar-refractivity contribution < 1.29 is 22.7 Å². The van der Waals surface area contributed by atoms with Crippen molar-refractivity contribution in [3.63, 3.8) is 0 Å². The molecule has 0 aromatic heterocycles. The molecule has 0 saturated carbocycles. The Morgan fingerprint density at radius 2 is 2.03 bits per heavy atom. The summed E-state index contributed by atoms with van der Waals surface area (Å²) in [4.78, 5) is 31.0. The van der Waals surface area contributed by atoms with Crippen LogP contribution in [0.1, 0.15) is 17.5 Å². The van der Waals surface area contributed by atoms with Crippen LogP contribution in [0.25, 0.3) is 0 Å². The molecule has 29 heavy (non-hydrogen) atoms. The fraction of sp³-hybridized carbons (Fsp3) is 0.526. The number of sulfone groups is 1. The number of aryl methyl sites for hydroxylation is 2. The van der Waals surface area contributed by atoms with Gasteiger partial charge in [0.25, 0.3) is 0 Å². The van der Waals surface area contributed by atoms with Crippen molar-refractivity contribution in [2.75, 3.05) is 31.7 Å². The predicted molar refractivity (Wildman–Crippen MR) is 113 cm³/mol. The van der Waals surface area contributed by atoms with Crippen LogP contribution in [-0.4, -0.2) is 73.4 Å². The predicted octanol–water partition coefficient (Wildman–Crippen LogP) is 1.18. The van der Waals surface area contributed by atoms with Crippen LogP contribution in [0.3, 0.4) is 0 Å². The Morgan fingerprint density at radius 1 is 1.34 bits per heavy atom. The van der Waals surface area contributed by atoms with Crippen molar-refractivity contribution in [2.45, 2.75) is 31.6 Å². The lowest BCUT2D eigenvalue weighted by atomic mass is 10.1. The second-order valence-corrected chi connectivity index (χ2v) is 10.6. The van der Waals surface area contributed by atoms with Crippen LogP contribution >= 0.6 is 11.8 Å². The van der Waals surface area contributed by atoms with Gasteiger partial charge in [-0.1, -0.05) is 30.0 Å². The van der Waals surface area contributed by atoms with E-state index in [2.05, 4.69) is 5.32 Å². The molecule has 0 radical (unpaired) electrons. The average Bonchev–Trinajstić information content (AvgIpc) is 2.92. The topological polar surface area (TPSA) is 105 Å². The van der Waals surface area contributed by atoms with Crippen molar-refractivity contribution in [3.8, 4) is 0 Å². The maximum Gasteiger partial charge on any atom is 0.242 e. The summed E-state index contributed by atoms with van der Waals surface area (Å²) in [7, 11) is -1.67. The molecule has 3 rings (SSSR count). The summed E-state index contributed by atoms with van der Waals surface area (Å²) in [6.45, 7) is 4.10. The minimum atomic E-state index is -3.19. The maximum atomic E-state index is 13.0. The number of ether oxygens (including phenoxy) is 1. The van der Waals surface area contributed by atoms with Gasteiger partial charge in [-0.15, -0.1) is 0 Å².